The van der Waals surface area contributed by atoms with Crippen molar-refractivity contribution in [3.8, 4) is 0 Å². The Balaban J connectivity index is 3.08. The molecule has 2 N–H and O–H groups in total. The average molecular weight is 193 g/mol. The first-order valence-electron chi connectivity index (χ1n) is 4.69. The molecule has 0 aliphatic heterocycles. The van der Waals surface area contributed by atoms with Crippen LogP contribution in [0.2, 0.25) is 0 Å². The lowest BCUT2D eigenvalue weighted by atomic mass is 9.94. The summed E-state index contributed by atoms with van der Waals surface area (Å²) in [5.74, 6) is 0. The minimum absolute atomic E-state index is 0.0256. The molecule has 0 aromatic heterocycles. The van der Waals surface area contributed by atoms with Gasteiger partial charge in [-0.15, -0.1) is 0 Å². The Hall–Kier alpha value is -1.15. The van der Waals surface area contributed by atoms with Gasteiger partial charge in [0.05, 0.1) is 0 Å². The standard InChI is InChI=1S/C12H16FN/c1-10(2)8-12(13,9-14)11-6-4-3-5-7-11/h3-8H,9,14H2,1-2H3. The molecule has 1 rings (SSSR count). The van der Waals surface area contributed by atoms with E-state index in [1.165, 1.54) is 0 Å². The predicted octanol–water partition coefficient (Wildman–Crippen LogP) is 2.78. The summed E-state index contributed by atoms with van der Waals surface area (Å²) in [6.07, 6.45) is 1.57. The van der Waals surface area contributed by atoms with Crippen LogP contribution in [0.25, 0.3) is 0 Å². The molecule has 0 saturated carbocycles. The fourth-order valence-electron chi connectivity index (χ4n) is 1.43. The summed E-state index contributed by atoms with van der Waals surface area (Å²) in [6, 6.07) is 9.01. The number of hydrogen-bond acceptors (Lipinski definition) is 1. The number of nitrogens with two attached hydrogens (primary N) is 1. The number of allylic oxidation sites excluding steroid dienone is 1. The maximum atomic E-state index is 14.3. The fourth-order valence-corrected chi connectivity index (χ4v) is 1.43. The molecule has 0 aliphatic rings. The van der Waals surface area contributed by atoms with Gasteiger partial charge in [0.2, 0.25) is 0 Å². The van der Waals surface area contributed by atoms with Crippen molar-refractivity contribution in [1.82, 2.24) is 0 Å². The molecule has 0 radical (unpaired) electrons. The highest BCUT2D eigenvalue weighted by atomic mass is 19.1. The lowest BCUT2D eigenvalue weighted by molar-refractivity contribution is 0.243. The van der Waals surface area contributed by atoms with Crippen molar-refractivity contribution in [3.63, 3.8) is 0 Å². The summed E-state index contributed by atoms with van der Waals surface area (Å²) in [5, 5.41) is 0. The Morgan fingerprint density at radius 1 is 1.36 bits per heavy atom. The van der Waals surface area contributed by atoms with Crippen molar-refractivity contribution in [2.75, 3.05) is 6.54 Å². The van der Waals surface area contributed by atoms with Gasteiger partial charge in [0.15, 0.2) is 5.67 Å². The molecule has 1 unspecified atom stereocenters. The number of halogens is 1. The van der Waals surface area contributed by atoms with Gasteiger partial charge in [0.25, 0.3) is 0 Å². The summed E-state index contributed by atoms with van der Waals surface area (Å²) in [5.41, 5.74) is 5.49. The maximum Gasteiger partial charge on any atom is 0.166 e. The van der Waals surface area contributed by atoms with Crippen molar-refractivity contribution in [2.45, 2.75) is 19.5 Å². The average Bonchev–Trinajstić information content (AvgIpc) is 2.18. The smallest absolute Gasteiger partial charge is 0.166 e. The molecule has 1 nitrogen and oxygen atoms in total. The van der Waals surface area contributed by atoms with Gasteiger partial charge in [-0.05, 0) is 25.5 Å². The van der Waals surface area contributed by atoms with E-state index in [2.05, 4.69) is 0 Å². The van der Waals surface area contributed by atoms with Gasteiger partial charge >= 0.3 is 0 Å². The molecule has 0 heterocycles. The highest BCUT2D eigenvalue weighted by molar-refractivity contribution is 5.29. The largest absolute Gasteiger partial charge is 0.327 e. The summed E-state index contributed by atoms with van der Waals surface area (Å²) in [7, 11) is 0. The molecule has 1 aromatic carbocycles. The van der Waals surface area contributed by atoms with Gasteiger partial charge in [-0.25, -0.2) is 4.39 Å². The summed E-state index contributed by atoms with van der Waals surface area (Å²) in [4.78, 5) is 0. The third kappa shape index (κ3) is 2.42. The Labute approximate surface area is 84.4 Å². The molecule has 0 saturated heterocycles. The number of benzene rings is 1. The molecule has 1 atom stereocenters. The van der Waals surface area contributed by atoms with Crippen LogP contribution < -0.4 is 5.73 Å². The highest BCUT2D eigenvalue weighted by Crippen LogP contribution is 2.27. The van der Waals surface area contributed by atoms with Gasteiger partial charge < -0.3 is 5.73 Å². The van der Waals surface area contributed by atoms with Crippen LogP contribution in [-0.4, -0.2) is 6.54 Å². The lowest BCUT2D eigenvalue weighted by Gasteiger charge is -2.20. The Kier molecular flexibility index (Phi) is 3.42. The van der Waals surface area contributed by atoms with E-state index in [0.29, 0.717) is 5.56 Å². The first-order chi connectivity index (χ1) is 6.58. The van der Waals surface area contributed by atoms with Crippen LogP contribution in [0.5, 0.6) is 0 Å². The van der Waals surface area contributed by atoms with Crippen LogP contribution in [-0.2, 0) is 5.67 Å². The normalized spacial score (nSPS) is 14.6. The van der Waals surface area contributed by atoms with E-state index in [4.69, 9.17) is 5.73 Å². The van der Waals surface area contributed by atoms with Gasteiger partial charge in [-0.2, -0.15) is 0 Å². The van der Waals surface area contributed by atoms with Crippen molar-refractivity contribution >= 4 is 0 Å². The molecule has 0 bridgehead atoms. The minimum Gasteiger partial charge on any atom is -0.327 e. The molecule has 0 spiro atoms. The van der Waals surface area contributed by atoms with Crippen molar-refractivity contribution in [3.05, 3.63) is 47.5 Å². The molecular formula is C12H16FN. The topological polar surface area (TPSA) is 26.0 Å². The van der Waals surface area contributed by atoms with Crippen molar-refractivity contribution in [1.29, 1.82) is 0 Å². The number of hydrogen-bond donors (Lipinski definition) is 1. The van der Waals surface area contributed by atoms with Crippen LogP contribution in [0.1, 0.15) is 19.4 Å². The second-order valence-electron chi connectivity index (χ2n) is 3.65. The summed E-state index contributed by atoms with van der Waals surface area (Å²) >= 11 is 0. The van der Waals surface area contributed by atoms with E-state index in [1.807, 2.05) is 32.0 Å². The van der Waals surface area contributed by atoms with E-state index in [0.717, 1.165) is 5.57 Å². The van der Waals surface area contributed by atoms with E-state index < -0.39 is 5.67 Å². The quantitative estimate of drug-likeness (QED) is 0.734. The zero-order valence-electron chi connectivity index (χ0n) is 8.63. The van der Waals surface area contributed by atoms with Crippen molar-refractivity contribution in [2.24, 2.45) is 5.73 Å². The Bertz CT molecular complexity index is 314. The number of rotatable bonds is 3. The zero-order chi connectivity index (χ0) is 10.6. The molecule has 14 heavy (non-hydrogen) atoms. The first kappa shape index (κ1) is 10.9. The van der Waals surface area contributed by atoms with E-state index in [9.17, 15) is 4.39 Å². The second-order valence-corrected chi connectivity index (χ2v) is 3.65. The third-order valence-corrected chi connectivity index (χ3v) is 2.07. The Morgan fingerprint density at radius 2 is 1.93 bits per heavy atom. The van der Waals surface area contributed by atoms with Crippen LogP contribution in [0.3, 0.4) is 0 Å². The van der Waals surface area contributed by atoms with Gasteiger partial charge in [-0.1, -0.05) is 35.9 Å². The highest BCUT2D eigenvalue weighted by Gasteiger charge is 2.26. The SMILES string of the molecule is CC(C)=CC(F)(CN)c1ccccc1. The fraction of sp³-hybridized carbons (Fsp3) is 0.333. The zero-order valence-corrected chi connectivity index (χ0v) is 8.63. The molecule has 1 aromatic rings. The summed E-state index contributed by atoms with van der Waals surface area (Å²) < 4.78 is 14.3. The molecule has 0 amide bonds. The van der Waals surface area contributed by atoms with E-state index in [-0.39, 0.29) is 6.54 Å². The predicted molar refractivity (Wildman–Crippen MR) is 57.7 cm³/mol. The first-order valence-corrected chi connectivity index (χ1v) is 4.69. The monoisotopic (exact) mass is 193 g/mol. The van der Waals surface area contributed by atoms with Crippen LogP contribution in [0.15, 0.2) is 42.0 Å². The molecule has 0 aliphatic carbocycles. The third-order valence-electron chi connectivity index (χ3n) is 2.07. The summed E-state index contributed by atoms with van der Waals surface area (Å²) in [6.45, 7) is 3.71. The number of alkyl halides is 1. The minimum atomic E-state index is -1.53. The van der Waals surface area contributed by atoms with E-state index >= 15 is 0 Å². The molecular weight excluding hydrogens is 177 g/mol. The van der Waals surface area contributed by atoms with Gasteiger partial charge in [0, 0.05) is 6.54 Å². The van der Waals surface area contributed by atoms with Crippen molar-refractivity contribution < 1.29 is 4.39 Å². The maximum absolute atomic E-state index is 14.3. The molecule has 2 heteroatoms. The van der Waals surface area contributed by atoms with Gasteiger partial charge in [-0.3, -0.25) is 0 Å². The van der Waals surface area contributed by atoms with Crippen LogP contribution >= 0.6 is 0 Å². The molecule has 0 fully saturated rings. The lowest BCUT2D eigenvalue weighted by Crippen LogP contribution is -2.28. The Morgan fingerprint density at radius 3 is 2.36 bits per heavy atom. The van der Waals surface area contributed by atoms with Crippen LogP contribution in [0.4, 0.5) is 4.39 Å². The van der Waals surface area contributed by atoms with Crippen LogP contribution in [0, 0.1) is 0 Å². The van der Waals surface area contributed by atoms with Gasteiger partial charge in [0.1, 0.15) is 0 Å². The molecule has 76 valence electrons. The van der Waals surface area contributed by atoms with E-state index in [1.54, 1.807) is 18.2 Å². The second kappa shape index (κ2) is 4.38.